The number of nitro benzene ring substituents is 1. The summed E-state index contributed by atoms with van der Waals surface area (Å²) in [4.78, 5) is 48.8. The fourth-order valence-corrected chi connectivity index (χ4v) is 3.53. The molecule has 1 aliphatic rings. The summed E-state index contributed by atoms with van der Waals surface area (Å²) in [6, 6.07) is 6.65. The highest BCUT2D eigenvalue weighted by atomic mass is 16.6. The number of urea groups is 1. The molecule has 3 aromatic rings. The van der Waals surface area contributed by atoms with E-state index in [1.54, 1.807) is 26.0 Å². The van der Waals surface area contributed by atoms with Crippen LogP contribution in [0.2, 0.25) is 0 Å². The Bertz CT molecular complexity index is 1240. The molecule has 0 radical (unpaired) electrons. The van der Waals surface area contributed by atoms with Gasteiger partial charge in [0, 0.05) is 25.2 Å². The minimum Gasteiger partial charge on any atom is -0.463 e. The molecular formula is C19H18N4O7. The average molecular weight is 414 g/mol. The second-order valence-electron chi connectivity index (χ2n) is 7.20. The van der Waals surface area contributed by atoms with E-state index < -0.39 is 28.2 Å². The van der Waals surface area contributed by atoms with E-state index in [1.807, 2.05) is 0 Å². The van der Waals surface area contributed by atoms with Crippen molar-refractivity contribution >= 4 is 28.7 Å². The summed E-state index contributed by atoms with van der Waals surface area (Å²) in [5, 5.41) is 13.6. The average Bonchev–Trinajstić information content (AvgIpc) is 3.32. The molecule has 0 bridgehead atoms. The summed E-state index contributed by atoms with van der Waals surface area (Å²) >= 11 is 0. The lowest BCUT2D eigenvalue weighted by Gasteiger charge is -2.19. The molecule has 0 saturated carbocycles. The Hall–Kier alpha value is -3.89. The number of nitro groups is 1. The lowest BCUT2D eigenvalue weighted by Crippen LogP contribution is -2.40. The number of furan rings is 1. The van der Waals surface area contributed by atoms with Crippen LogP contribution >= 0.6 is 0 Å². The third-order valence-corrected chi connectivity index (χ3v) is 5.13. The van der Waals surface area contributed by atoms with Gasteiger partial charge in [0.05, 0.1) is 10.4 Å². The SMILES string of the molecule is Cc1ccc(C2(C)NC(=O)N(CCCn3c(=O)oc4ccc([N+](=O)[O-])cc43)C2=O)o1. The van der Waals surface area contributed by atoms with Gasteiger partial charge >= 0.3 is 11.8 Å². The number of amides is 3. The van der Waals surface area contributed by atoms with Gasteiger partial charge in [-0.2, -0.15) is 0 Å². The molecule has 30 heavy (non-hydrogen) atoms. The molecule has 156 valence electrons. The maximum atomic E-state index is 12.9. The largest absolute Gasteiger partial charge is 0.463 e. The minimum absolute atomic E-state index is 0.0496. The van der Waals surface area contributed by atoms with Crippen molar-refractivity contribution in [3.8, 4) is 0 Å². The number of fused-ring (bicyclic) bond motifs is 1. The molecular weight excluding hydrogens is 396 g/mol. The van der Waals surface area contributed by atoms with Crippen molar-refractivity contribution in [2.45, 2.75) is 32.4 Å². The number of aromatic nitrogens is 1. The Morgan fingerprint density at radius 3 is 2.57 bits per heavy atom. The smallest absolute Gasteiger partial charge is 0.419 e. The molecule has 11 heteroatoms. The first kappa shape index (κ1) is 19.4. The number of carbonyl (C=O) groups excluding carboxylic acids is 2. The van der Waals surface area contributed by atoms with E-state index in [9.17, 15) is 24.5 Å². The van der Waals surface area contributed by atoms with Crippen LogP contribution in [0, 0.1) is 17.0 Å². The monoisotopic (exact) mass is 414 g/mol. The molecule has 0 spiro atoms. The first-order chi connectivity index (χ1) is 14.2. The van der Waals surface area contributed by atoms with Crippen molar-refractivity contribution in [2.75, 3.05) is 6.54 Å². The van der Waals surface area contributed by atoms with Gasteiger partial charge in [-0.1, -0.05) is 0 Å². The van der Waals surface area contributed by atoms with Gasteiger partial charge in [-0.05, 0) is 38.5 Å². The minimum atomic E-state index is -1.30. The van der Waals surface area contributed by atoms with Crippen LogP contribution in [0.1, 0.15) is 24.9 Å². The summed E-state index contributed by atoms with van der Waals surface area (Å²) in [6.45, 7) is 3.47. The number of benzene rings is 1. The van der Waals surface area contributed by atoms with E-state index in [2.05, 4.69) is 5.32 Å². The zero-order chi connectivity index (χ0) is 21.6. The summed E-state index contributed by atoms with van der Waals surface area (Å²) in [6.07, 6.45) is 0.254. The van der Waals surface area contributed by atoms with E-state index in [1.165, 1.54) is 22.8 Å². The molecule has 2 aromatic heterocycles. The summed E-state index contributed by atoms with van der Waals surface area (Å²) in [7, 11) is 0. The van der Waals surface area contributed by atoms with Gasteiger partial charge in [-0.15, -0.1) is 0 Å². The second-order valence-corrected chi connectivity index (χ2v) is 7.20. The molecule has 3 amide bonds. The molecule has 1 fully saturated rings. The fourth-order valence-electron chi connectivity index (χ4n) is 3.53. The van der Waals surface area contributed by atoms with Crippen molar-refractivity contribution in [3.63, 3.8) is 0 Å². The Morgan fingerprint density at radius 1 is 1.13 bits per heavy atom. The van der Waals surface area contributed by atoms with Crippen molar-refractivity contribution in [3.05, 3.63) is 62.5 Å². The van der Waals surface area contributed by atoms with Crippen LogP contribution in [0.5, 0.6) is 0 Å². The van der Waals surface area contributed by atoms with E-state index in [-0.39, 0.29) is 36.3 Å². The number of carbonyl (C=O) groups is 2. The number of nitrogens with one attached hydrogen (secondary N) is 1. The molecule has 11 nitrogen and oxygen atoms in total. The maximum Gasteiger partial charge on any atom is 0.419 e. The van der Waals surface area contributed by atoms with Crippen LogP contribution in [0.15, 0.2) is 44.0 Å². The highest BCUT2D eigenvalue weighted by molar-refractivity contribution is 6.06. The number of nitrogens with zero attached hydrogens (tertiary/aromatic N) is 3. The summed E-state index contributed by atoms with van der Waals surface area (Å²) in [5.74, 6) is -0.169. The Morgan fingerprint density at radius 2 is 1.90 bits per heavy atom. The molecule has 1 atom stereocenters. The Labute approximate surface area is 169 Å². The standard InChI is InChI=1S/C19H18N4O7/c1-11-4-7-15(29-11)19(2)16(24)22(17(25)20-19)9-3-8-21-13-10-12(23(27)28)5-6-14(13)30-18(21)26/h4-7,10H,3,8-9H2,1-2H3,(H,20,25). The molecule has 3 heterocycles. The Balaban J connectivity index is 1.51. The zero-order valence-electron chi connectivity index (χ0n) is 16.2. The molecule has 1 N–H and O–H groups in total. The lowest BCUT2D eigenvalue weighted by molar-refractivity contribution is -0.384. The van der Waals surface area contributed by atoms with Crippen LogP contribution in [0.4, 0.5) is 10.5 Å². The van der Waals surface area contributed by atoms with Gasteiger partial charge < -0.3 is 14.2 Å². The molecule has 1 unspecified atom stereocenters. The van der Waals surface area contributed by atoms with E-state index in [0.29, 0.717) is 11.5 Å². The topological polar surface area (TPSA) is 141 Å². The number of non-ortho nitro benzene ring substituents is 1. The third-order valence-electron chi connectivity index (χ3n) is 5.13. The van der Waals surface area contributed by atoms with Crippen LogP contribution in [-0.2, 0) is 16.9 Å². The fraction of sp³-hybridized carbons (Fsp3) is 0.316. The van der Waals surface area contributed by atoms with Gasteiger partial charge in [0.25, 0.3) is 11.6 Å². The maximum absolute atomic E-state index is 12.9. The first-order valence-electron chi connectivity index (χ1n) is 9.19. The summed E-state index contributed by atoms with van der Waals surface area (Å²) < 4.78 is 11.9. The van der Waals surface area contributed by atoms with Gasteiger partial charge in [-0.25, -0.2) is 9.59 Å². The zero-order valence-corrected chi connectivity index (χ0v) is 16.2. The number of hydrogen-bond donors (Lipinski definition) is 1. The van der Waals surface area contributed by atoms with E-state index in [4.69, 9.17) is 8.83 Å². The number of oxazole rings is 1. The first-order valence-corrected chi connectivity index (χ1v) is 9.19. The van der Waals surface area contributed by atoms with Crippen LogP contribution in [0.25, 0.3) is 11.1 Å². The van der Waals surface area contributed by atoms with Gasteiger partial charge in [0.2, 0.25) is 0 Å². The Kier molecular flexibility index (Phi) is 4.45. The van der Waals surface area contributed by atoms with E-state index >= 15 is 0 Å². The molecule has 1 saturated heterocycles. The highest BCUT2D eigenvalue weighted by Crippen LogP contribution is 2.30. The molecule has 4 rings (SSSR count). The van der Waals surface area contributed by atoms with Gasteiger partial charge in [0.15, 0.2) is 11.1 Å². The van der Waals surface area contributed by atoms with Crippen LogP contribution in [-0.4, -0.2) is 32.9 Å². The second kappa shape index (κ2) is 6.87. The van der Waals surface area contributed by atoms with Crippen LogP contribution in [0.3, 0.4) is 0 Å². The quantitative estimate of drug-likeness (QED) is 0.370. The van der Waals surface area contributed by atoms with Gasteiger partial charge in [0.1, 0.15) is 11.5 Å². The number of aryl methyl sites for hydroxylation is 2. The van der Waals surface area contributed by atoms with Crippen molar-refractivity contribution in [1.82, 2.24) is 14.8 Å². The number of hydrogen-bond acceptors (Lipinski definition) is 7. The number of imide groups is 1. The molecule has 1 aromatic carbocycles. The number of rotatable bonds is 6. The normalized spacial score (nSPS) is 18.9. The summed E-state index contributed by atoms with van der Waals surface area (Å²) in [5.41, 5.74) is -0.968. The van der Waals surface area contributed by atoms with Crippen LogP contribution < -0.4 is 11.1 Å². The van der Waals surface area contributed by atoms with Crippen molar-refractivity contribution < 1.29 is 23.3 Å². The van der Waals surface area contributed by atoms with Gasteiger partial charge in [-0.3, -0.25) is 24.4 Å². The van der Waals surface area contributed by atoms with Crippen molar-refractivity contribution in [1.29, 1.82) is 0 Å². The predicted molar refractivity (Wildman–Crippen MR) is 103 cm³/mol. The molecule has 1 aliphatic heterocycles. The molecule has 0 aliphatic carbocycles. The lowest BCUT2D eigenvalue weighted by atomic mass is 9.99. The van der Waals surface area contributed by atoms with Crippen molar-refractivity contribution in [2.24, 2.45) is 0 Å². The highest BCUT2D eigenvalue weighted by Gasteiger charge is 2.50. The van der Waals surface area contributed by atoms with E-state index in [0.717, 1.165) is 4.90 Å². The predicted octanol–water partition coefficient (Wildman–Crippen LogP) is 2.26. The third kappa shape index (κ3) is 3.04.